The van der Waals surface area contributed by atoms with E-state index in [2.05, 4.69) is 214 Å². The molecule has 0 amide bonds. The predicted octanol–water partition coefficient (Wildman–Crippen LogP) is 16.6. The van der Waals surface area contributed by atoms with E-state index in [4.69, 9.17) is 0 Å². The van der Waals surface area contributed by atoms with Gasteiger partial charge in [-0.1, -0.05) is 166 Å². The first-order valence-corrected chi connectivity index (χ1v) is 22.4. The second-order valence-electron chi connectivity index (χ2n) is 21.6. The van der Waals surface area contributed by atoms with E-state index in [-0.39, 0.29) is 27.1 Å². The highest BCUT2D eigenvalue weighted by atomic mass is 15.1. The van der Waals surface area contributed by atoms with Crippen LogP contribution in [0.15, 0.2) is 140 Å². The third-order valence-electron chi connectivity index (χ3n) is 15.4. The largest absolute Gasteiger partial charge is 0.310 e. The Balaban J connectivity index is 1.24. The lowest BCUT2D eigenvalue weighted by Crippen LogP contribution is -2.34. The van der Waals surface area contributed by atoms with Gasteiger partial charge in [0.05, 0.1) is 5.69 Å². The first kappa shape index (κ1) is 38.8. The van der Waals surface area contributed by atoms with E-state index in [0.29, 0.717) is 0 Å². The van der Waals surface area contributed by atoms with Crippen molar-refractivity contribution < 1.29 is 0 Å². The maximum Gasteiger partial charge on any atom is 0.0543 e. The molecule has 60 heavy (non-hydrogen) atoms. The summed E-state index contributed by atoms with van der Waals surface area (Å²) >= 11 is 0. The highest BCUT2D eigenvalue weighted by Crippen LogP contribution is 2.56. The van der Waals surface area contributed by atoms with Crippen LogP contribution in [0, 0.1) is 0 Å². The average molecular weight is 784 g/mol. The summed E-state index contributed by atoms with van der Waals surface area (Å²) in [6.45, 7) is 24.4. The molecule has 0 heterocycles. The molecule has 0 bridgehead atoms. The molecule has 0 aromatic heterocycles. The molecular weight excluding hydrogens is 723 g/mol. The van der Waals surface area contributed by atoms with Crippen molar-refractivity contribution in [1.29, 1.82) is 0 Å². The second kappa shape index (κ2) is 13.3. The molecule has 10 rings (SSSR count). The Morgan fingerprint density at radius 2 is 0.867 bits per heavy atom. The lowest BCUT2D eigenvalue weighted by atomic mass is 9.63. The number of hydrogen-bond donors (Lipinski definition) is 0. The standard InChI is InChI=1S/C59H61N/c1-55(2)29-31-57(5,6)52-34-42(23-27-49(52)55)46-36-47-45-17-13-14-18-48(45)59(9,10)51(47)37-54(46)60(44-26-28-50-53(35-44)58(7,8)32-30-56(50,3)4)43-24-21-39(22-25-43)41-20-19-38-15-11-12-16-40(38)33-41/h11-28,33-37H,29-32H2,1-10H3. The zero-order valence-corrected chi connectivity index (χ0v) is 37.6. The van der Waals surface area contributed by atoms with Crippen LogP contribution in [-0.4, -0.2) is 0 Å². The summed E-state index contributed by atoms with van der Waals surface area (Å²) in [4.78, 5) is 2.59. The van der Waals surface area contributed by atoms with E-state index >= 15 is 0 Å². The number of fused-ring (bicyclic) bond motifs is 6. The summed E-state index contributed by atoms with van der Waals surface area (Å²) < 4.78 is 0. The Morgan fingerprint density at radius 1 is 0.333 bits per heavy atom. The molecule has 1 nitrogen and oxygen atoms in total. The van der Waals surface area contributed by atoms with Crippen molar-refractivity contribution in [3.05, 3.63) is 173 Å². The van der Waals surface area contributed by atoms with Gasteiger partial charge < -0.3 is 4.90 Å². The Kier molecular flexibility index (Phi) is 8.60. The molecular formula is C59H61N. The van der Waals surface area contributed by atoms with Crippen molar-refractivity contribution >= 4 is 27.8 Å². The fraction of sp³-hybridized carbons (Fsp3) is 0.322. The van der Waals surface area contributed by atoms with Gasteiger partial charge in [0, 0.05) is 22.4 Å². The lowest BCUT2D eigenvalue weighted by Gasteiger charge is -2.43. The molecule has 7 aromatic rings. The van der Waals surface area contributed by atoms with Crippen LogP contribution in [0.5, 0.6) is 0 Å². The minimum absolute atomic E-state index is 0.0771. The normalized spacial score (nSPS) is 18.6. The van der Waals surface area contributed by atoms with Gasteiger partial charge in [0.1, 0.15) is 0 Å². The summed E-state index contributed by atoms with van der Waals surface area (Å²) in [7, 11) is 0. The fourth-order valence-electron chi connectivity index (χ4n) is 11.2. The average Bonchev–Trinajstić information content (AvgIpc) is 3.46. The van der Waals surface area contributed by atoms with Crippen LogP contribution >= 0.6 is 0 Å². The molecule has 0 saturated heterocycles. The van der Waals surface area contributed by atoms with E-state index in [1.807, 2.05) is 0 Å². The molecule has 7 aromatic carbocycles. The van der Waals surface area contributed by atoms with Gasteiger partial charge >= 0.3 is 0 Å². The number of hydrogen-bond acceptors (Lipinski definition) is 1. The predicted molar refractivity (Wildman–Crippen MR) is 258 cm³/mol. The molecule has 1 heteroatoms. The Morgan fingerprint density at radius 3 is 1.55 bits per heavy atom. The summed E-state index contributed by atoms with van der Waals surface area (Å²) in [6.07, 6.45) is 4.76. The van der Waals surface area contributed by atoms with E-state index in [1.165, 1.54) is 120 Å². The van der Waals surface area contributed by atoms with Gasteiger partial charge in [-0.05, 0) is 162 Å². The summed E-state index contributed by atoms with van der Waals surface area (Å²) in [5.41, 5.74) is 20.4. The Hall–Kier alpha value is -5.40. The monoisotopic (exact) mass is 783 g/mol. The Labute approximate surface area is 359 Å². The molecule has 0 aliphatic heterocycles. The summed E-state index contributed by atoms with van der Waals surface area (Å²) in [5.74, 6) is 0. The molecule has 0 unspecified atom stereocenters. The van der Waals surface area contributed by atoms with Crippen molar-refractivity contribution in [3.63, 3.8) is 0 Å². The van der Waals surface area contributed by atoms with Gasteiger partial charge in [-0.3, -0.25) is 0 Å². The Bertz CT molecular complexity index is 2840. The first-order chi connectivity index (χ1) is 28.4. The van der Waals surface area contributed by atoms with Crippen LogP contribution in [-0.2, 0) is 27.1 Å². The molecule has 0 fully saturated rings. The van der Waals surface area contributed by atoms with Crippen molar-refractivity contribution in [2.24, 2.45) is 0 Å². The smallest absolute Gasteiger partial charge is 0.0543 e. The topological polar surface area (TPSA) is 3.24 Å². The number of benzene rings is 7. The quantitative estimate of drug-likeness (QED) is 0.168. The fourth-order valence-corrected chi connectivity index (χ4v) is 11.2. The second-order valence-corrected chi connectivity index (χ2v) is 21.6. The highest BCUT2D eigenvalue weighted by Gasteiger charge is 2.41. The van der Waals surface area contributed by atoms with Gasteiger partial charge in [-0.25, -0.2) is 0 Å². The molecule has 0 radical (unpaired) electrons. The maximum atomic E-state index is 2.59. The van der Waals surface area contributed by atoms with Crippen LogP contribution in [0.4, 0.5) is 17.1 Å². The van der Waals surface area contributed by atoms with Gasteiger partial charge in [0.2, 0.25) is 0 Å². The van der Waals surface area contributed by atoms with E-state index in [9.17, 15) is 0 Å². The molecule has 3 aliphatic rings. The van der Waals surface area contributed by atoms with Crippen molar-refractivity contribution in [3.8, 4) is 33.4 Å². The van der Waals surface area contributed by atoms with Crippen LogP contribution in [0.25, 0.3) is 44.2 Å². The number of rotatable bonds is 5. The molecule has 0 N–H and O–H groups in total. The number of anilines is 3. The van der Waals surface area contributed by atoms with Crippen LogP contribution in [0.1, 0.15) is 128 Å². The van der Waals surface area contributed by atoms with Crippen LogP contribution in [0.2, 0.25) is 0 Å². The summed E-state index contributed by atoms with van der Waals surface area (Å²) in [5, 5.41) is 2.54. The van der Waals surface area contributed by atoms with Gasteiger partial charge in [0.15, 0.2) is 0 Å². The van der Waals surface area contributed by atoms with Crippen LogP contribution in [0.3, 0.4) is 0 Å². The third kappa shape index (κ3) is 6.09. The maximum absolute atomic E-state index is 2.59. The van der Waals surface area contributed by atoms with Crippen molar-refractivity contribution in [2.75, 3.05) is 4.90 Å². The molecule has 0 spiro atoms. The van der Waals surface area contributed by atoms with E-state index in [0.717, 1.165) is 0 Å². The van der Waals surface area contributed by atoms with Crippen LogP contribution < -0.4 is 4.90 Å². The SMILES string of the molecule is CC1(C)CCC(C)(C)c2cc(-c3cc4c(cc3N(c3ccc(-c5ccc6ccccc6c5)cc3)c3ccc5c(c3)C(C)(C)CCC5(C)C)C(C)(C)c3ccccc3-4)ccc21. The lowest BCUT2D eigenvalue weighted by molar-refractivity contribution is 0.332. The van der Waals surface area contributed by atoms with Crippen molar-refractivity contribution in [1.82, 2.24) is 0 Å². The van der Waals surface area contributed by atoms with Gasteiger partial charge in [-0.2, -0.15) is 0 Å². The molecule has 3 aliphatic carbocycles. The molecule has 0 atom stereocenters. The van der Waals surface area contributed by atoms with E-state index < -0.39 is 0 Å². The number of nitrogens with zero attached hydrogens (tertiary/aromatic N) is 1. The van der Waals surface area contributed by atoms with E-state index in [1.54, 1.807) is 0 Å². The van der Waals surface area contributed by atoms with Gasteiger partial charge in [0.25, 0.3) is 0 Å². The van der Waals surface area contributed by atoms with Gasteiger partial charge in [-0.15, -0.1) is 0 Å². The summed E-state index contributed by atoms with van der Waals surface area (Å²) in [6, 6.07) is 53.9. The first-order valence-electron chi connectivity index (χ1n) is 22.4. The minimum Gasteiger partial charge on any atom is -0.310 e. The minimum atomic E-state index is -0.144. The molecule has 0 saturated carbocycles. The zero-order valence-electron chi connectivity index (χ0n) is 37.6. The third-order valence-corrected chi connectivity index (χ3v) is 15.4. The zero-order chi connectivity index (χ0) is 42.0. The van der Waals surface area contributed by atoms with Crippen molar-refractivity contribution in [2.45, 2.75) is 122 Å². The highest BCUT2D eigenvalue weighted by molar-refractivity contribution is 5.95. The molecule has 302 valence electrons.